The van der Waals surface area contributed by atoms with E-state index in [1.165, 1.54) is 19.2 Å². The number of nitrogens with zero attached hydrogens (tertiary/aromatic N) is 1. The Morgan fingerprint density at radius 2 is 1.90 bits per heavy atom. The predicted molar refractivity (Wildman–Crippen MR) is 71.6 cm³/mol. The Morgan fingerprint density at radius 1 is 1.29 bits per heavy atom. The number of piperidine rings is 1. The molecule has 0 bridgehead atoms. The van der Waals surface area contributed by atoms with Crippen molar-refractivity contribution in [3.8, 4) is 0 Å². The largest absolute Gasteiger partial charge is 0.469 e. The van der Waals surface area contributed by atoms with Crippen molar-refractivity contribution < 1.29 is 22.7 Å². The van der Waals surface area contributed by atoms with Crippen LogP contribution in [0, 0.1) is 5.92 Å². The Hall–Kier alpha value is -1.56. The highest BCUT2D eigenvalue weighted by molar-refractivity contribution is 5.72. The normalized spacial score (nSPS) is 23.9. The molecule has 1 aromatic rings. The molecule has 0 spiro atoms. The molecule has 6 heteroatoms. The van der Waals surface area contributed by atoms with Crippen LogP contribution in [0.4, 0.5) is 13.2 Å². The Labute approximate surface area is 121 Å². The van der Waals surface area contributed by atoms with E-state index in [1.807, 2.05) is 7.05 Å². The number of likely N-dealkylation sites (tertiary alicyclic amines) is 1. The third kappa shape index (κ3) is 3.56. The zero-order chi connectivity index (χ0) is 15.6. The van der Waals surface area contributed by atoms with E-state index >= 15 is 0 Å². The lowest BCUT2D eigenvalue weighted by atomic mass is 9.87. The number of carbonyl (C=O) groups is 1. The van der Waals surface area contributed by atoms with Crippen LogP contribution in [0.3, 0.4) is 0 Å². The van der Waals surface area contributed by atoms with Gasteiger partial charge in [-0.3, -0.25) is 9.69 Å². The summed E-state index contributed by atoms with van der Waals surface area (Å²) in [5, 5.41) is 0. The lowest BCUT2D eigenvalue weighted by molar-refractivity contribution is -0.147. The molecule has 3 nitrogen and oxygen atoms in total. The van der Waals surface area contributed by atoms with Crippen LogP contribution in [-0.2, 0) is 15.7 Å². The lowest BCUT2D eigenvalue weighted by Crippen LogP contribution is -2.37. The Kier molecular flexibility index (Phi) is 4.56. The summed E-state index contributed by atoms with van der Waals surface area (Å²) in [7, 11) is 3.27. The highest BCUT2D eigenvalue weighted by atomic mass is 19.4. The van der Waals surface area contributed by atoms with E-state index < -0.39 is 11.7 Å². The number of alkyl halides is 3. The first-order chi connectivity index (χ1) is 9.82. The summed E-state index contributed by atoms with van der Waals surface area (Å²) >= 11 is 0. The predicted octanol–water partition coefficient (Wildman–Crippen LogP) is 3.26. The fourth-order valence-corrected chi connectivity index (χ4v) is 2.75. The van der Waals surface area contributed by atoms with Crippen LogP contribution < -0.4 is 0 Å². The van der Waals surface area contributed by atoms with Gasteiger partial charge in [0.2, 0.25) is 0 Å². The second kappa shape index (κ2) is 6.05. The molecule has 2 unspecified atom stereocenters. The van der Waals surface area contributed by atoms with Crippen molar-refractivity contribution in [2.24, 2.45) is 5.92 Å². The van der Waals surface area contributed by atoms with Gasteiger partial charge in [-0.05, 0) is 44.1 Å². The van der Waals surface area contributed by atoms with Crippen LogP contribution in [0.25, 0.3) is 0 Å². The average molecular weight is 301 g/mol. The SMILES string of the molecule is COC(=O)C1CCN(C)C(c2ccc(C(F)(F)F)cc2)C1. The number of methoxy groups -OCH3 is 1. The van der Waals surface area contributed by atoms with Gasteiger partial charge in [0.1, 0.15) is 0 Å². The standard InChI is InChI=1S/C15H18F3NO2/c1-19-8-7-11(14(20)21-2)9-13(19)10-3-5-12(6-4-10)15(16,17)18/h3-6,11,13H,7-9H2,1-2H3. The zero-order valence-corrected chi connectivity index (χ0v) is 12.0. The van der Waals surface area contributed by atoms with Crippen molar-refractivity contribution in [1.82, 2.24) is 4.90 Å². The number of hydrogen-bond acceptors (Lipinski definition) is 3. The fraction of sp³-hybridized carbons (Fsp3) is 0.533. The van der Waals surface area contributed by atoms with Gasteiger partial charge < -0.3 is 4.74 Å². The molecule has 1 aromatic carbocycles. The molecule has 2 rings (SSSR count). The number of benzene rings is 1. The Bertz CT molecular complexity index is 499. The number of rotatable bonds is 2. The van der Waals surface area contributed by atoms with E-state index in [9.17, 15) is 18.0 Å². The molecule has 0 N–H and O–H groups in total. The number of hydrogen-bond donors (Lipinski definition) is 0. The van der Waals surface area contributed by atoms with Gasteiger partial charge in [-0.1, -0.05) is 12.1 Å². The molecule has 0 radical (unpaired) electrons. The van der Waals surface area contributed by atoms with Crippen LogP contribution in [0.5, 0.6) is 0 Å². The first-order valence-corrected chi connectivity index (χ1v) is 6.78. The molecule has 0 amide bonds. The fourth-order valence-electron chi connectivity index (χ4n) is 2.75. The summed E-state index contributed by atoms with van der Waals surface area (Å²) in [5.74, 6) is -0.446. The minimum absolute atomic E-state index is 0.0647. The summed E-state index contributed by atoms with van der Waals surface area (Å²) in [5.41, 5.74) is 0.133. The maximum Gasteiger partial charge on any atom is 0.416 e. The van der Waals surface area contributed by atoms with Crippen molar-refractivity contribution in [2.45, 2.75) is 25.1 Å². The highest BCUT2D eigenvalue weighted by Crippen LogP contribution is 2.35. The average Bonchev–Trinajstić information content (AvgIpc) is 2.46. The van der Waals surface area contributed by atoms with Gasteiger partial charge in [-0.2, -0.15) is 13.2 Å². The second-order valence-corrected chi connectivity index (χ2v) is 5.36. The van der Waals surface area contributed by atoms with Gasteiger partial charge in [0, 0.05) is 6.04 Å². The molecule has 0 aromatic heterocycles. The van der Waals surface area contributed by atoms with Gasteiger partial charge in [0.25, 0.3) is 0 Å². The third-order valence-electron chi connectivity index (χ3n) is 4.03. The van der Waals surface area contributed by atoms with Crippen LogP contribution in [0.2, 0.25) is 0 Å². The summed E-state index contributed by atoms with van der Waals surface area (Å²) in [6, 6.07) is 5.09. The minimum atomic E-state index is -4.33. The molecule has 116 valence electrons. The quantitative estimate of drug-likeness (QED) is 0.785. The monoisotopic (exact) mass is 301 g/mol. The van der Waals surface area contributed by atoms with Gasteiger partial charge >= 0.3 is 12.1 Å². The number of ether oxygens (including phenoxy) is 1. The molecular weight excluding hydrogens is 283 g/mol. The van der Waals surface area contributed by atoms with E-state index in [0.717, 1.165) is 17.7 Å². The zero-order valence-electron chi connectivity index (χ0n) is 12.0. The number of esters is 1. The summed E-state index contributed by atoms with van der Waals surface area (Å²) in [6.45, 7) is 0.714. The maximum absolute atomic E-state index is 12.6. The van der Waals surface area contributed by atoms with E-state index in [-0.39, 0.29) is 17.9 Å². The third-order valence-corrected chi connectivity index (χ3v) is 4.03. The van der Waals surface area contributed by atoms with Gasteiger partial charge in [0.05, 0.1) is 18.6 Å². The molecule has 2 atom stereocenters. The van der Waals surface area contributed by atoms with Gasteiger partial charge in [-0.15, -0.1) is 0 Å². The van der Waals surface area contributed by atoms with Crippen LogP contribution in [0.1, 0.15) is 30.0 Å². The van der Waals surface area contributed by atoms with Crippen molar-refractivity contribution in [3.63, 3.8) is 0 Å². The molecule has 0 saturated carbocycles. The molecule has 21 heavy (non-hydrogen) atoms. The molecule has 1 fully saturated rings. The van der Waals surface area contributed by atoms with Crippen molar-refractivity contribution in [2.75, 3.05) is 20.7 Å². The first kappa shape index (κ1) is 15.8. The topological polar surface area (TPSA) is 29.5 Å². The summed E-state index contributed by atoms with van der Waals surface area (Å²) in [4.78, 5) is 13.7. The smallest absolute Gasteiger partial charge is 0.416 e. The molecule has 0 aliphatic carbocycles. The van der Waals surface area contributed by atoms with E-state index in [0.29, 0.717) is 19.4 Å². The van der Waals surface area contributed by atoms with Crippen LogP contribution >= 0.6 is 0 Å². The maximum atomic E-state index is 12.6. The van der Waals surface area contributed by atoms with Crippen molar-refractivity contribution in [1.29, 1.82) is 0 Å². The number of halogens is 3. The summed E-state index contributed by atoms with van der Waals surface area (Å²) in [6.07, 6.45) is -3.06. The highest BCUT2D eigenvalue weighted by Gasteiger charge is 2.33. The molecule has 1 aliphatic heterocycles. The van der Waals surface area contributed by atoms with Crippen LogP contribution in [-0.4, -0.2) is 31.6 Å². The second-order valence-electron chi connectivity index (χ2n) is 5.36. The first-order valence-electron chi connectivity index (χ1n) is 6.78. The number of carbonyl (C=O) groups excluding carboxylic acids is 1. The van der Waals surface area contributed by atoms with Crippen molar-refractivity contribution >= 4 is 5.97 Å². The van der Waals surface area contributed by atoms with Crippen molar-refractivity contribution in [3.05, 3.63) is 35.4 Å². The molecule has 1 aliphatic rings. The lowest BCUT2D eigenvalue weighted by Gasteiger charge is -2.36. The Morgan fingerprint density at radius 3 is 2.43 bits per heavy atom. The van der Waals surface area contributed by atoms with E-state index in [2.05, 4.69) is 4.90 Å². The van der Waals surface area contributed by atoms with E-state index in [4.69, 9.17) is 4.74 Å². The molecular formula is C15H18F3NO2. The van der Waals surface area contributed by atoms with Gasteiger partial charge in [0.15, 0.2) is 0 Å². The summed E-state index contributed by atoms with van der Waals surface area (Å²) < 4.78 is 42.5. The van der Waals surface area contributed by atoms with E-state index in [1.54, 1.807) is 0 Å². The Balaban J connectivity index is 2.17. The minimum Gasteiger partial charge on any atom is -0.469 e. The van der Waals surface area contributed by atoms with Gasteiger partial charge in [-0.25, -0.2) is 0 Å². The van der Waals surface area contributed by atoms with Crippen LogP contribution in [0.15, 0.2) is 24.3 Å². The molecule has 1 saturated heterocycles. The molecule has 1 heterocycles.